The third kappa shape index (κ3) is 2.46. The molecule has 4 rings (SSSR count). The van der Waals surface area contributed by atoms with E-state index in [1.54, 1.807) is 7.11 Å². The zero-order valence-corrected chi connectivity index (χ0v) is 12.6. The van der Waals surface area contributed by atoms with Crippen LogP contribution in [0.15, 0.2) is 12.1 Å². The first-order valence-corrected chi connectivity index (χ1v) is 8.03. The van der Waals surface area contributed by atoms with Gasteiger partial charge in [-0.05, 0) is 48.8 Å². The van der Waals surface area contributed by atoms with Crippen LogP contribution in [0.4, 0.5) is 0 Å². The van der Waals surface area contributed by atoms with E-state index in [9.17, 15) is 0 Å². The molecule has 0 spiro atoms. The summed E-state index contributed by atoms with van der Waals surface area (Å²) >= 11 is 0. The highest BCUT2D eigenvalue weighted by atomic mass is 16.6. The predicted octanol–water partition coefficient (Wildman–Crippen LogP) is 2.74. The molecule has 0 radical (unpaired) electrons. The summed E-state index contributed by atoms with van der Waals surface area (Å²) in [6.45, 7) is 2.08. The Balaban J connectivity index is 1.47. The van der Waals surface area contributed by atoms with Gasteiger partial charge >= 0.3 is 0 Å². The quantitative estimate of drug-likeness (QED) is 0.925. The van der Waals surface area contributed by atoms with Gasteiger partial charge in [-0.15, -0.1) is 0 Å². The fourth-order valence-corrected chi connectivity index (χ4v) is 4.17. The molecule has 2 saturated carbocycles. The average molecular weight is 289 g/mol. The van der Waals surface area contributed by atoms with Crippen molar-refractivity contribution in [2.24, 2.45) is 11.8 Å². The maximum Gasteiger partial charge on any atom is 0.203 e. The summed E-state index contributed by atoms with van der Waals surface area (Å²) in [5.41, 5.74) is 1.21. The van der Waals surface area contributed by atoms with Gasteiger partial charge in [0.15, 0.2) is 11.5 Å². The lowest BCUT2D eigenvalue weighted by atomic mass is 9.95. The number of nitrogens with one attached hydrogen (secondary N) is 1. The molecule has 0 amide bonds. The molecule has 114 valence electrons. The van der Waals surface area contributed by atoms with Crippen LogP contribution in [0.3, 0.4) is 0 Å². The zero-order chi connectivity index (χ0) is 14.2. The topological polar surface area (TPSA) is 39.7 Å². The lowest BCUT2D eigenvalue weighted by Gasteiger charge is -2.24. The Morgan fingerprint density at radius 1 is 1.19 bits per heavy atom. The van der Waals surface area contributed by atoms with Crippen LogP contribution in [-0.4, -0.2) is 26.4 Å². The number of hydrogen-bond acceptors (Lipinski definition) is 4. The largest absolute Gasteiger partial charge is 0.493 e. The van der Waals surface area contributed by atoms with E-state index in [1.807, 2.05) is 0 Å². The highest BCUT2D eigenvalue weighted by Crippen LogP contribution is 2.45. The molecule has 1 heterocycles. The van der Waals surface area contributed by atoms with Gasteiger partial charge in [0, 0.05) is 12.6 Å². The van der Waals surface area contributed by atoms with E-state index in [4.69, 9.17) is 14.2 Å². The fourth-order valence-electron chi connectivity index (χ4n) is 4.17. The molecule has 4 nitrogen and oxygen atoms in total. The Morgan fingerprint density at radius 3 is 2.86 bits per heavy atom. The van der Waals surface area contributed by atoms with Crippen LogP contribution in [0.5, 0.6) is 17.2 Å². The highest BCUT2D eigenvalue weighted by Gasteiger charge is 2.39. The van der Waals surface area contributed by atoms with Gasteiger partial charge in [-0.25, -0.2) is 0 Å². The molecule has 1 aliphatic heterocycles. The lowest BCUT2D eigenvalue weighted by molar-refractivity contribution is 0.165. The number of ether oxygens (including phenoxy) is 3. The van der Waals surface area contributed by atoms with Crippen molar-refractivity contribution in [2.45, 2.75) is 38.3 Å². The molecular weight excluding hydrogens is 266 g/mol. The second kappa shape index (κ2) is 5.41. The van der Waals surface area contributed by atoms with Crippen LogP contribution in [0.25, 0.3) is 0 Å². The van der Waals surface area contributed by atoms with Gasteiger partial charge in [0.2, 0.25) is 5.75 Å². The summed E-state index contributed by atoms with van der Waals surface area (Å²) in [7, 11) is 1.68. The van der Waals surface area contributed by atoms with E-state index >= 15 is 0 Å². The minimum atomic E-state index is 0.589. The molecule has 2 fully saturated rings. The Kier molecular flexibility index (Phi) is 3.42. The van der Waals surface area contributed by atoms with Crippen LogP contribution in [-0.2, 0) is 6.54 Å². The smallest absolute Gasteiger partial charge is 0.203 e. The second-order valence-electron chi connectivity index (χ2n) is 6.48. The molecule has 2 bridgehead atoms. The standard InChI is InChI=1S/C17H23NO3/c1-19-15-8-12(9-16-17(15)21-5-4-20-16)10-18-14-7-11-2-3-13(14)6-11/h8-9,11,13-14,18H,2-7,10H2,1H3. The van der Waals surface area contributed by atoms with Crippen molar-refractivity contribution < 1.29 is 14.2 Å². The zero-order valence-electron chi connectivity index (χ0n) is 12.6. The van der Waals surface area contributed by atoms with Crippen molar-refractivity contribution in [3.05, 3.63) is 17.7 Å². The summed E-state index contributed by atoms with van der Waals surface area (Å²) < 4.78 is 16.8. The molecule has 4 heteroatoms. The van der Waals surface area contributed by atoms with Crippen LogP contribution in [0.1, 0.15) is 31.2 Å². The summed E-state index contributed by atoms with van der Waals surface area (Å²) in [5.74, 6) is 4.20. The maximum atomic E-state index is 5.69. The summed E-state index contributed by atoms with van der Waals surface area (Å²) in [6, 6.07) is 4.84. The summed E-state index contributed by atoms with van der Waals surface area (Å²) in [6.07, 6.45) is 5.64. The average Bonchev–Trinajstić information content (AvgIpc) is 3.15. The Morgan fingerprint density at radius 2 is 2.10 bits per heavy atom. The van der Waals surface area contributed by atoms with Gasteiger partial charge < -0.3 is 19.5 Å². The van der Waals surface area contributed by atoms with Crippen LogP contribution < -0.4 is 19.5 Å². The van der Waals surface area contributed by atoms with Crippen molar-refractivity contribution in [2.75, 3.05) is 20.3 Å². The molecule has 2 aliphatic carbocycles. The number of methoxy groups -OCH3 is 1. The van der Waals surface area contributed by atoms with Crippen LogP contribution >= 0.6 is 0 Å². The van der Waals surface area contributed by atoms with Crippen LogP contribution in [0, 0.1) is 11.8 Å². The number of rotatable bonds is 4. The SMILES string of the molecule is COc1cc(CNC2CC3CCC2C3)cc2c1OCCO2. The Bertz CT molecular complexity index is 514. The number of hydrogen-bond donors (Lipinski definition) is 1. The highest BCUT2D eigenvalue weighted by molar-refractivity contribution is 5.54. The first-order valence-electron chi connectivity index (χ1n) is 8.03. The van der Waals surface area contributed by atoms with E-state index in [-0.39, 0.29) is 0 Å². The van der Waals surface area contributed by atoms with Crippen molar-refractivity contribution in [1.82, 2.24) is 5.32 Å². The lowest BCUT2D eigenvalue weighted by Crippen LogP contribution is -2.33. The molecule has 21 heavy (non-hydrogen) atoms. The second-order valence-corrected chi connectivity index (χ2v) is 6.48. The van der Waals surface area contributed by atoms with E-state index < -0.39 is 0 Å². The monoisotopic (exact) mass is 289 g/mol. The third-order valence-electron chi connectivity index (χ3n) is 5.19. The predicted molar refractivity (Wildman–Crippen MR) is 80.1 cm³/mol. The van der Waals surface area contributed by atoms with E-state index in [1.165, 1.54) is 31.2 Å². The minimum Gasteiger partial charge on any atom is -0.493 e. The van der Waals surface area contributed by atoms with Crippen molar-refractivity contribution in [3.8, 4) is 17.2 Å². The van der Waals surface area contributed by atoms with E-state index in [0.29, 0.717) is 19.3 Å². The fraction of sp³-hybridized carbons (Fsp3) is 0.647. The summed E-state index contributed by atoms with van der Waals surface area (Å²) in [5, 5.41) is 3.74. The maximum absolute atomic E-state index is 5.69. The van der Waals surface area contributed by atoms with Crippen molar-refractivity contribution in [1.29, 1.82) is 0 Å². The van der Waals surface area contributed by atoms with Crippen molar-refractivity contribution in [3.63, 3.8) is 0 Å². The van der Waals surface area contributed by atoms with Gasteiger partial charge in [0.05, 0.1) is 7.11 Å². The molecule has 3 unspecified atom stereocenters. The molecule has 3 atom stereocenters. The minimum absolute atomic E-state index is 0.589. The number of fused-ring (bicyclic) bond motifs is 3. The normalized spacial score (nSPS) is 29.7. The number of benzene rings is 1. The van der Waals surface area contributed by atoms with Crippen molar-refractivity contribution >= 4 is 0 Å². The molecular formula is C17H23NO3. The van der Waals surface area contributed by atoms with Gasteiger partial charge in [0.25, 0.3) is 0 Å². The Labute approximate surface area is 125 Å². The molecule has 0 aromatic heterocycles. The molecule has 1 aromatic rings. The van der Waals surface area contributed by atoms with Gasteiger partial charge in [-0.2, -0.15) is 0 Å². The van der Waals surface area contributed by atoms with Gasteiger partial charge in [-0.1, -0.05) is 6.42 Å². The van der Waals surface area contributed by atoms with Gasteiger partial charge in [0.1, 0.15) is 13.2 Å². The Hall–Kier alpha value is -1.42. The third-order valence-corrected chi connectivity index (χ3v) is 5.19. The molecule has 0 saturated heterocycles. The summed E-state index contributed by atoms with van der Waals surface area (Å²) in [4.78, 5) is 0. The molecule has 3 aliphatic rings. The molecule has 1 aromatic carbocycles. The first-order chi connectivity index (χ1) is 10.3. The van der Waals surface area contributed by atoms with Crippen LogP contribution in [0.2, 0.25) is 0 Å². The first kappa shape index (κ1) is 13.3. The van der Waals surface area contributed by atoms with E-state index in [0.717, 1.165) is 35.6 Å². The molecule has 1 N–H and O–H groups in total. The van der Waals surface area contributed by atoms with E-state index in [2.05, 4.69) is 17.4 Å². The van der Waals surface area contributed by atoms with Gasteiger partial charge in [-0.3, -0.25) is 0 Å².